The maximum atomic E-state index is 11.4. The predicted molar refractivity (Wildman–Crippen MR) is 59.8 cm³/mol. The molecule has 0 bridgehead atoms. The summed E-state index contributed by atoms with van der Waals surface area (Å²) in [5.74, 6) is -0.215. The Bertz CT molecular complexity index is 520. The monoisotopic (exact) mass is 260 g/mol. The Morgan fingerprint density at radius 3 is 2.18 bits per heavy atom. The number of carbonyl (C=O) groups is 1. The molecule has 17 heavy (non-hydrogen) atoms. The first-order valence-electron chi connectivity index (χ1n) is 4.53. The van der Waals surface area contributed by atoms with Crippen LogP contribution in [0.1, 0.15) is 10.4 Å². The topological polar surface area (TPSA) is 78.9 Å². The molecule has 0 heterocycles. The third-order valence-corrected chi connectivity index (χ3v) is 2.30. The largest absolute Gasteiger partial charge is 0.493 e. The normalized spacial score (nSPS) is 10.8. The molecule has 94 valence electrons. The van der Waals surface area contributed by atoms with Gasteiger partial charge in [0.1, 0.15) is 0 Å². The zero-order valence-corrected chi connectivity index (χ0v) is 10.4. The Labute approximate surface area is 99.2 Å². The van der Waals surface area contributed by atoms with E-state index in [-0.39, 0.29) is 5.56 Å². The fraction of sp³-hybridized carbons (Fsp3) is 0.300. The Kier molecular flexibility index (Phi) is 3.95. The standard InChI is InChI=1S/C10H12O6S/c1-14-8-5-4-7(6-9(8)15-2)10(11)16-17(3,12)13/h4-6H,1-3H3. The molecule has 1 aromatic rings. The molecule has 0 unspecified atom stereocenters. The van der Waals surface area contributed by atoms with Crippen LogP contribution in [0.4, 0.5) is 0 Å². The van der Waals surface area contributed by atoms with E-state index >= 15 is 0 Å². The smallest absolute Gasteiger partial charge is 0.353 e. The van der Waals surface area contributed by atoms with Gasteiger partial charge in [-0.2, -0.15) is 8.42 Å². The Hall–Kier alpha value is -1.76. The fourth-order valence-electron chi connectivity index (χ4n) is 1.15. The van der Waals surface area contributed by atoms with Crippen LogP contribution >= 0.6 is 0 Å². The number of benzene rings is 1. The third kappa shape index (κ3) is 3.63. The van der Waals surface area contributed by atoms with E-state index < -0.39 is 16.1 Å². The van der Waals surface area contributed by atoms with E-state index in [2.05, 4.69) is 4.18 Å². The zero-order chi connectivity index (χ0) is 13.1. The summed E-state index contributed by atoms with van der Waals surface area (Å²) < 4.78 is 35.8. The van der Waals surface area contributed by atoms with Crippen LogP contribution in [0.2, 0.25) is 0 Å². The quantitative estimate of drug-likeness (QED) is 0.746. The second-order valence-corrected chi connectivity index (χ2v) is 4.72. The molecule has 1 rings (SSSR count). The lowest BCUT2D eigenvalue weighted by atomic mass is 10.2. The average molecular weight is 260 g/mol. The van der Waals surface area contributed by atoms with Gasteiger partial charge in [-0.1, -0.05) is 0 Å². The number of carbonyl (C=O) groups excluding carboxylic acids is 1. The van der Waals surface area contributed by atoms with Crippen molar-refractivity contribution in [3.05, 3.63) is 23.8 Å². The maximum absolute atomic E-state index is 11.4. The van der Waals surface area contributed by atoms with Crippen molar-refractivity contribution in [1.82, 2.24) is 0 Å². The van der Waals surface area contributed by atoms with E-state index in [1.807, 2.05) is 0 Å². The molecular formula is C10H12O6S. The lowest BCUT2D eigenvalue weighted by molar-refractivity contribution is 0.0748. The van der Waals surface area contributed by atoms with Gasteiger partial charge in [0, 0.05) is 0 Å². The second-order valence-electron chi connectivity index (χ2n) is 3.14. The molecule has 0 amide bonds. The van der Waals surface area contributed by atoms with Gasteiger partial charge < -0.3 is 13.7 Å². The minimum absolute atomic E-state index is 0.0630. The first-order chi connectivity index (χ1) is 7.87. The molecule has 0 aliphatic carbocycles. The minimum Gasteiger partial charge on any atom is -0.493 e. The molecule has 0 spiro atoms. The molecule has 0 N–H and O–H groups in total. The fourth-order valence-corrected chi connectivity index (χ4v) is 1.52. The summed E-state index contributed by atoms with van der Waals surface area (Å²) in [4.78, 5) is 11.4. The molecule has 0 aliphatic rings. The molecule has 1 aromatic carbocycles. The lowest BCUT2D eigenvalue weighted by Crippen LogP contribution is -2.11. The number of methoxy groups -OCH3 is 2. The minimum atomic E-state index is -3.83. The van der Waals surface area contributed by atoms with Crippen LogP contribution in [0.25, 0.3) is 0 Å². The predicted octanol–water partition coefficient (Wildman–Crippen LogP) is 0.820. The van der Waals surface area contributed by atoms with Crippen molar-refractivity contribution in [3.8, 4) is 11.5 Å². The highest BCUT2D eigenvalue weighted by molar-refractivity contribution is 7.86. The lowest BCUT2D eigenvalue weighted by Gasteiger charge is -2.08. The van der Waals surface area contributed by atoms with Crippen LogP contribution in [0.3, 0.4) is 0 Å². The van der Waals surface area contributed by atoms with Crippen molar-refractivity contribution in [2.75, 3.05) is 20.5 Å². The van der Waals surface area contributed by atoms with Gasteiger partial charge >= 0.3 is 16.1 Å². The van der Waals surface area contributed by atoms with Gasteiger partial charge in [0.2, 0.25) is 0 Å². The molecule has 7 heteroatoms. The highest BCUT2D eigenvalue weighted by Crippen LogP contribution is 2.27. The van der Waals surface area contributed by atoms with Gasteiger partial charge in [0.25, 0.3) is 0 Å². The van der Waals surface area contributed by atoms with Gasteiger partial charge in [-0.15, -0.1) is 0 Å². The Morgan fingerprint density at radius 2 is 1.71 bits per heavy atom. The highest BCUT2D eigenvalue weighted by Gasteiger charge is 2.16. The summed E-state index contributed by atoms with van der Waals surface area (Å²) in [6.45, 7) is 0. The molecule has 0 saturated carbocycles. The maximum Gasteiger partial charge on any atom is 0.353 e. The number of hydrogen-bond donors (Lipinski definition) is 0. The molecule has 0 atom stereocenters. The van der Waals surface area contributed by atoms with Crippen molar-refractivity contribution >= 4 is 16.1 Å². The first-order valence-corrected chi connectivity index (χ1v) is 6.35. The highest BCUT2D eigenvalue weighted by atomic mass is 32.2. The number of rotatable bonds is 4. The van der Waals surface area contributed by atoms with Crippen molar-refractivity contribution in [2.24, 2.45) is 0 Å². The van der Waals surface area contributed by atoms with Gasteiger partial charge in [0.05, 0.1) is 26.0 Å². The molecule has 0 aliphatic heterocycles. The summed E-state index contributed by atoms with van der Waals surface area (Å²) in [7, 11) is -0.971. The van der Waals surface area contributed by atoms with Crippen molar-refractivity contribution in [2.45, 2.75) is 0 Å². The van der Waals surface area contributed by atoms with Crippen LogP contribution in [-0.4, -0.2) is 34.9 Å². The van der Waals surface area contributed by atoms with E-state index in [0.717, 1.165) is 6.26 Å². The van der Waals surface area contributed by atoms with Crippen LogP contribution in [0.15, 0.2) is 18.2 Å². The van der Waals surface area contributed by atoms with Gasteiger partial charge in [-0.3, -0.25) is 0 Å². The molecule has 0 saturated heterocycles. The first kappa shape index (κ1) is 13.3. The van der Waals surface area contributed by atoms with Crippen molar-refractivity contribution < 1.29 is 26.9 Å². The second kappa shape index (κ2) is 5.05. The Morgan fingerprint density at radius 1 is 1.12 bits per heavy atom. The molecular weight excluding hydrogens is 248 g/mol. The van der Waals surface area contributed by atoms with E-state index in [4.69, 9.17) is 9.47 Å². The summed E-state index contributed by atoms with van der Waals surface area (Å²) in [5.41, 5.74) is 0.0630. The third-order valence-electron chi connectivity index (χ3n) is 1.85. The van der Waals surface area contributed by atoms with E-state index in [0.29, 0.717) is 11.5 Å². The van der Waals surface area contributed by atoms with Gasteiger partial charge in [-0.25, -0.2) is 4.79 Å². The number of hydrogen-bond acceptors (Lipinski definition) is 6. The van der Waals surface area contributed by atoms with Crippen molar-refractivity contribution in [3.63, 3.8) is 0 Å². The summed E-state index contributed by atoms with van der Waals surface area (Å²) in [5, 5.41) is 0. The van der Waals surface area contributed by atoms with Crippen LogP contribution < -0.4 is 9.47 Å². The van der Waals surface area contributed by atoms with Crippen molar-refractivity contribution in [1.29, 1.82) is 0 Å². The van der Waals surface area contributed by atoms with Crippen LogP contribution in [0.5, 0.6) is 11.5 Å². The van der Waals surface area contributed by atoms with E-state index in [1.54, 1.807) is 0 Å². The van der Waals surface area contributed by atoms with Crippen LogP contribution in [-0.2, 0) is 14.3 Å². The van der Waals surface area contributed by atoms with E-state index in [1.165, 1.54) is 32.4 Å². The summed E-state index contributed by atoms with van der Waals surface area (Å²) >= 11 is 0. The molecule has 0 radical (unpaired) electrons. The number of ether oxygens (including phenoxy) is 2. The molecule has 6 nitrogen and oxygen atoms in total. The molecule has 0 fully saturated rings. The average Bonchev–Trinajstić information content (AvgIpc) is 2.25. The zero-order valence-electron chi connectivity index (χ0n) is 9.59. The molecule has 0 aromatic heterocycles. The summed E-state index contributed by atoms with van der Waals surface area (Å²) in [6, 6.07) is 4.21. The van der Waals surface area contributed by atoms with E-state index in [9.17, 15) is 13.2 Å². The summed E-state index contributed by atoms with van der Waals surface area (Å²) in [6.07, 6.45) is 0.797. The Balaban J connectivity index is 3.04. The SMILES string of the molecule is COc1ccc(C(=O)OS(C)(=O)=O)cc1OC. The van der Waals surface area contributed by atoms with Crippen LogP contribution in [0, 0.1) is 0 Å². The van der Waals surface area contributed by atoms with Gasteiger partial charge in [0.15, 0.2) is 11.5 Å². The van der Waals surface area contributed by atoms with Gasteiger partial charge in [-0.05, 0) is 18.2 Å².